The van der Waals surface area contributed by atoms with Gasteiger partial charge in [-0.2, -0.15) is 0 Å². The number of nitrogens with zero attached hydrogens (tertiary/aromatic N) is 2. The molecule has 1 aromatic rings. The van der Waals surface area contributed by atoms with Crippen LogP contribution in [0.5, 0.6) is 0 Å². The number of likely N-dealkylation sites (tertiary alicyclic amines) is 1. The molecule has 0 spiro atoms. The number of fused-ring (bicyclic) bond motifs is 1. The van der Waals surface area contributed by atoms with Gasteiger partial charge in [0, 0.05) is 19.6 Å². The largest absolute Gasteiger partial charge is 0.342 e. The standard InChI is InChI=1S/C18H25N5O2S/c24-15(22-9-5-2-6-10-22)12-26-18-20-16-14(17(25)21-18)11-19-23(16)13-7-3-1-4-8-13/h1,3-4,7-8,14,16,18-20H,2,5-6,9-12H2,(H,21,25). The van der Waals surface area contributed by atoms with Gasteiger partial charge in [0.1, 0.15) is 11.7 Å². The van der Waals surface area contributed by atoms with E-state index in [1.165, 1.54) is 18.2 Å². The fraction of sp³-hybridized carbons (Fsp3) is 0.556. The van der Waals surface area contributed by atoms with Crippen molar-refractivity contribution < 1.29 is 9.59 Å². The van der Waals surface area contributed by atoms with Crippen molar-refractivity contribution >= 4 is 29.3 Å². The fourth-order valence-electron chi connectivity index (χ4n) is 3.77. The van der Waals surface area contributed by atoms with Gasteiger partial charge in [-0.15, -0.1) is 11.8 Å². The molecule has 3 aliphatic rings. The Morgan fingerprint density at radius 1 is 1.15 bits per heavy atom. The Hall–Kier alpha value is -1.77. The number of benzene rings is 1. The molecule has 4 rings (SSSR count). The topological polar surface area (TPSA) is 76.7 Å². The quantitative estimate of drug-likeness (QED) is 0.719. The Morgan fingerprint density at radius 2 is 1.92 bits per heavy atom. The first kappa shape index (κ1) is 17.6. The van der Waals surface area contributed by atoms with E-state index in [2.05, 4.69) is 16.1 Å². The minimum absolute atomic E-state index is 0.0302. The van der Waals surface area contributed by atoms with E-state index in [9.17, 15) is 9.59 Å². The number of amides is 2. The van der Waals surface area contributed by atoms with Crippen molar-refractivity contribution in [2.24, 2.45) is 5.92 Å². The number of nitrogens with one attached hydrogen (secondary N) is 3. The number of para-hydroxylation sites is 1. The van der Waals surface area contributed by atoms with Gasteiger partial charge in [-0.25, -0.2) is 5.43 Å². The van der Waals surface area contributed by atoms with Crippen molar-refractivity contribution in [3.05, 3.63) is 30.3 Å². The molecular formula is C18H25N5O2S. The summed E-state index contributed by atoms with van der Waals surface area (Å²) in [4.78, 5) is 26.8. The van der Waals surface area contributed by atoms with Crippen molar-refractivity contribution in [1.29, 1.82) is 0 Å². The Morgan fingerprint density at radius 3 is 2.69 bits per heavy atom. The minimum atomic E-state index is -0.261. The highest BCUT2D eigenvalue weighted by Gasteiger charge is 2.44. The minimum Gasteiger partial charge on any atom is -0.342 e. The lowest BCUT2D eigenvalue weighted by Gasteiger charge is -2.37. The molecule has 3 N–H and O–H groups in total. The van der Waals surface area contributed by atoms with Gasteiger partial charge in [-0.3, -0.25) is 19.9 Å². The Bertz CT molecular complexity index is 652. The molecule has 3 aliphatic heterocycles. The molecule has 8 heteroatoms. The maximum absolute atomic E-state index is 12.5. The van der Waals surface area contributed by atoms with E-state index in [-0.39, 0.29) is 29.4 Å². The number of thioether (sulfide) groups is 1. The second-order valence-electron chi connectivity index (χ2n) is 6.93. The van der Waals surface area contributed by atoms with Gasteiger partial charge in [0.25, 0.3) is 0 Å². The molecule has 3 heterocycles. The van der Waals surface area contributed by atoms with Crippen molar-refractivity contribution in [2.75, 3.05) is 30.4 Å². The number of hydrogen-bond donors (Lipinski definition) is 3. The van der Waals surface area contributed by atoms with Gasteiger partial charge in [-0.1, -0.05) is 18.2 Å². The van der Waals surface area contributed by atoms with Crippen LogP contribution in [-0.4, -0.2) is 53.8 Å². The number of carbonyl (C=O) groups is 2. The van der Waals surface area contributed by atoms with Crippen molar-refractivity contribution in [3.8, 4) is 0 Å². The highest BCUT2D eigenvalue weighted by molar-refractivity contribution is 8.00. The van der Waals surface area contributed by atoms with Crippen molar-refractivity contribution in [2.45, 2.75) is 30.9 Å². The lowest BCUT2D eigenvalue weighted by Crippen LogP contribution is -2.63. The van der Waals surface area contributed by atoms with Gasteiger partial charge >= 0.3 is 0 Å². The summed E-state index contributed by atoms with van der Waals surface area (Å²) in [6, 6.07) is 9.98. The van der Waals surface area contributed by atoms with E-state index >= 15 is 0 Å². The van der Waals surface area contributed by atoms with Crippen LogP contribution in [0.15, 0.2) is 30.3 Å². The Balaban J connectivity index is 1.37. The molecule has 0 bridgehead atoms. The summed E-state index contributed by atoms with van der Waals surface area (Å²) in [6.45, 7) is 2.32. The molecule has 0 saturated carbocycles. The lowest BCUT2D eigenvalue weighted by molar-refractivity contribution is -0.129. The molecule has 0 radical (unpaired) electrons. The molecule has 0 aromatic heterocycles. The maximum atomic E-state index is 12.5. The molecule has 1 aromatic carbocycles. The van der Waals surface area contributed by atoms with E-state index in [1.807, 2.05) is 40.2 Å². The van der Waals surface area contributed by atoms with Crippen LogP contribution < -0.4 is 21.1 Å². The zero-order chi connectivity index (χ0) is 17.9. The number of piperidine rings is 1. The molecule has 3 saturated heterocycles. The Kier molecular flexibility index (Phi) is 5.33. The van der Waals surface area contributed by atoms with Crippen LogP contribution in [0.25, 0.3) is 0 Å². The second kappa shape index (κ2) is 7.85. The number of hydrazine groups is 1. The van der Waals surface area contributed by atoms with Crippen molar-refractivity contribution in [1.82, 2.24) is 21.0 Å². The van der Waals surface area contributed by atoms with Crippen LogP contribution in [0.1, 0.15) is 19.3 Å². The Labute approximate surface area is 157 Å². The normalized spacial score (nSPS) is 28.6. The van der Waals surface area contributed by atoms with Crippen LogP contribution in [0.4, 0.5) is 5.69 Å². The molecule has 7 nitrogen and oxygen atoms in total. The van der Waals surface area contributed by atoms with Gasteiger partial charge in [0.05, 0.1) is 17.4 Å². The summed E-state index contributed by atoms with van der Waals surface area (Å²) < 4.78 is 0. The lowest BCUT2D eigenvalue weighted by atomic mass is 10.1. The monoisotopic (exact) mass is 375 g/mol. The average Bonchev–Trinajstić information content (AvgIpc) is 3.12. The zero-order valence-electron chi connectivity index (χ0n) is 14.7. The van der Waals surface area contributed by atoms with Crippen LogP contribution in [0.2, 0.25) is 0 Å². The molecule has 0 aliphatic carbocycles. The van der Waals surface area contributed by atoms with Crippen LogP contribution >= 0.6 is 11.8 Å². The van der Waals surface area contributed by atoms with E-state index < -0.39 is 0 Å². The summed E-state index contributed by atoms with van der Waals surface area (Å²) in [5.41, 5.74) is 4.07. The SMILES string of the molecule is O=C1NC(SCC(=O)N2CCCCC2)NC2C1CNN2c1ccccc1. The molecule has 3 unspecified atom stereocenters. The van der Waals surface area contributed by atoms with Crippen LogP contribution in [0.3, 0.4) is 0 Å². The summed E-state index contributed by atoms with van der Waals surface area (Å²) in [5.74, 6) is 0.429. The third kappa shape index (κ3) is 3.67. The van der Waals surface area contributed by atoms with Crippen LogP contribution in [0, 0.1) is 5.92 Å². The fourth-order valence-corrected chi connectivity index (χ4v) is 4.69. The number of hydrogen-bond acceptors (Lipinski definition) is 6. The predicted molar refractivity (Wildman–Crippen MR) is 102 cm³/mol. The first-order valence-electron chi connectivity index (χ1n) is 9.26. The highest BCUT2D eigenvalue weighted by atomic mass is 32.2. The van der Waals surface area contributed by atoms with Gasteiger partial charge in [0.15, 0.2) is 0 Å². The third-order valence-corrected chi connectivity index (χ3v) is 6.19. The zero-order valence-corrected chi connectivity index (χ0v) is 15.5. The summed E-state index contributed by atoms with van der Waals surface area (Å²) in [7, 11) is 0. The summed E-state index contributed by atoms with van der Waals surface area (Å²) >= 11 is 1.46. The summed E-state index contributed by atoms with van der Waals surface area (Å²) in [5, 5.41) is 8.49. The van der Waals surface area contributed by atoms with E-state index in [1.54, 1.807) is 0 Å². The molecule has 3 atom stereocenters. The third-order valence-electron chi connectivity index (χ3n) is 5.19. The van der Waals surface area contributed by atoms with E-state index in [0.29, 0.717) is 12.3 Å². The first-order valence-corrected chi connectivity index (χ1v) is 10.3. The predicted octanol–water partition coefficient (Wildman–Crippen LogP) is 0.702. The number of carbonyl (C=O) groups excluding carboxylic acids is 2. The molecule has 3 fully saturated rings. The van der Waals surface area contributed by atoms with Crippen molar-refractivity contribution in [3.63, 3.8) is 0 Å². The van der Waals surface area contributed by atoms with Gasteiger partial charge in [-0.05, 0) is 31.4 Å². The smallest absolute Gasteiger partial charge is 0.232 e. The summed E-state index contributed by atoms with van der Waals surface area (Å²) in [6.07, 6.45) is 3.28. The average molecular weight is 375 g/mol. The molecule has 26 heavy (non-hydrogen) atoms. The van der Waals surface area contributed by atoms with Crippen LogP contribution in [-0.2, 0) is 9.59 Å². The van der Waals surface area contributed by atoms with Gasteiger partial charge < -0.3 is 10.2 Å². The number of rotatable bonds is 4. The maximum Gasteiger partial charge on any atom is 0.232 e. The first-order chi connectivity index (χ1) is 12.7. The van der Waals surface area contributed by atoms with E-state index in [4.69, 9.17) is 0 Å². The molecular weight excluding hydrogens is 350 g/mol. The van der Waals surface area contributed by atoms with Gasteiger partial charge in [0.2, 0.25) is 11.8 Å². The number of anilines is 1. The van der Waals surface area contributed by atoms with E-state index in [0.717, 1.165) is 31.6 Å². The molecule has 2 amide bonds. The highest BCUT2D eigenvalue weighted by Crippen LogP contribution is 2.26. The molecule has 140 valence electrons. The second-order valence-corrected chi connectivity index (χ2v) is 8.02.